The van der Waals surface area contributed by atoms with Crippen molar-refractivity contribution in [1.82, 2.24) is 0 Å². The first-order valence-corrected chi connectivity index (χ1v) is 8.48. The Morgan fingerprint density at radius 1 is 0.952 bits per heavy atom. The van der Waals surface area contributed by atoms with Gasteiger partial charge in [-0.2, -0.15) is 0 Å². The molecule has 2 nitrogen and oxygen atoms in total. The number of halogens is 4. The van der Waals surface area contributed by atoms with E-state index in [2.05, 4.69) is 47.8 Å². The van der Waals surface area contributed by atoms with Gasteiger partial charge < -0.3 is 9.47 Å². The third-order valence-electron chi connectivity index (χ3n) is 3.01. The molecule has 0 bridgehead atoms. The molecule has 0 aliphatic heterocycles. The lowest BCUT2D eigenvalue weighted by Gasteiger charge is -2.16. The van der Waals surface area contributed by atoms with Gasteiger partial charge in [-0.05, 0) is 51.3 Å². The molecule has 21 heavy (non-hydrogen) atoms. The topological polar surface area (TPSA) is 18.5 Å². The average Bonchev–Trinajstić information content (AvgIpc) is 2.49. The Labute approximate surface area is 148 Å². The SMILES string of the molecule is COc1cc(Br)c(C(Br)c2ccc(Br)c(F)c2)cc1OC. The summed E-state index contributed by atoms with van der Waals surface area (Å²) < 4.78 is 25.6. The molecule has 0 saturated carbocycles. The molecule has 1 unspecified atom stereocenters. The zero-order chi connectivity index (χ0) is 15.6. The molecule has 112 valence electrons. The Morgan fingerprint density at radius 3 is 2.14 bits per heavy atom. The van der Waals surface area contributed by atoms with Crippen LogP contribution in [0, 0.1) is 5.82 Å². The highest BCUT2D eigenvalue weighted by atomic mass is 79.9. The van der Waals surface area contributed by atoms with Gasteiger partial charge in [0.15, 0.2) is 11.5 Å². The van der Waals surface area contributed by atoms with E-state index < -0.39 is 0 Å². The third-order valence-corrected chi connectivity index (χ3v) is 5.36. The maximum Gasteiger partial charge on any atom is 0.161 e. The summed E-state index contributed by atoms with van der Waals surface area (Å²) in [4.78, 5) is -0.172. The molecule has 0 amide bonds. The Balaban J connectivity index is 2.47. The normalized spacial score (nSPS) is 12.1. The van der Waals surface area contributed by atoms with Crippen LogP contribution in [-0.4, -0.2) is 14.2 Å². The predicted octanol–water partition coefficient (Wildman–Crippen LogP) is 5.85. The van der Waals surface area contributed by atoms with Gasteiger partial charge in [-0.1, -0.05) is 37.9 Å². The lowest BCUT2D eigenvalue weighted by Crippen LogP contribution is -1.98. The number of rotatable bonds is 4. The van der Waals surface area contributed by atoms with Gasteiger partial charge in [0.05, 0.1) is 23.5 Å². The summed E-state index contributed by atoms with van der Waals surface area (Å²) in [5, 5.41) is 0. The second-order valence-electron chi connectivity index (χ2n) is 4.26. The number of hydrogen-bond acceptors (Lipinski definition) is 2. The third kappa shape index (κ3) is 3.60. The lowest BCUT2D eigenvalue weighted by atomic mass is 10.0. The molecule has 6 heteroatoms. The van der Waals surface area contributed by atoms with Crippen LogP contribution in [0.2, 0.25) is 0 Å². The number of alkyl halides is 1. The molecule has 0 radical (unpaired) electrons. The number of ether oxygens (including phenoxy) is 2. The number of methoxy groups -OCH3 is 2. The van der Waals surface area contributed by atoms with Crippen molar-refractivity contribution in [3.05, 3.63) is 56.2 Å². The van der Waals surface area contributed by atoms with Crippen molar-refractivity contribution < 1.29 is 13.9 Å². The molecule has 0 aliphatic carbocycles. The van der Waals surface area contributed by atoms with Gasteiger partial charge in [-0.15, -0.1) is 0 Å². The summed E-state index contributed by atoms with van der Waals surface area (Å²) in [6, 6.07) is 8.73. The van der Waals surface area contributed by atoms with Crippen LogP contribution in [0.4, 0.5) is 4.39 Å². The van der Waals surface area contributed by atoms with E-state index in [0.717, 1.165) is 15.6 Å². The summed E-state index contributed by atoms with van der Waals surface area (Å²) in [6.45, 7) is 0. The molecule has 0 aliphatic rings. The van der Waals surface area contributed by atoms with Gasteiger partial charge in [0.2, 0.25) is 0 Å². The molecule has 0 N–H and O–H groups in total. The van der Waals surface area contributed by atoms with E-state index in [-0.39, 0.29) is 10.6 Å². The Hall–Kier alpha value is -0.590. The van der Waals surface area contributed by atoms with Crippen molar-refractivity contribution in [2.75, 3.05) is 14.2 Å². The monoisotopic (exact) mass is 480 g/mol. The van der Waals surface area contributed by atoms with Crippen molar-refractivity contribution in [2.24, 2.45) is 0 Å². The highest BCUT2D eigenvalue weighted by Crippen LogP contribution is 2.41. The largest absolute Gasteiger partial charge is 0.493 e. The summed E-state index contributed by atoms with van der Waals surface area (Å²) in [5.41, 5.74) is 1.73. The van der Waals surface area contributed by atoms with E-state index in [1.54, 1.807) is 20.3 Å². The number of hydrogen-bond donors (Lipinski definition) is 0. The van der Waals surface area contributed by atoms with Gasteiger partial charge in [0.1, 0.15) is 5.82 Å². The molecule has 0 saturated heterocycles. The average molecular weight is 483 g/mol. The molecular weight excluding hydrogens is 471 g/mol. The highest BCUT2D eigenvalue weighted by molar-refractivity contribution is 9.11. The summed E-state index contributed by atoms with van der Waals surface area (Å²) in [6.07, 6.45) is 0. The Morgan fingerprint density at radius 2 is 1.57 bits per heavy atom. The first kappa shape index (κ1) is 16.8. The minimum Gasteiger partial charge on any atom is -0.493 e. The van der Waals surface area contributed by atoms with E-state index in [4.69, 9.17) is 9.47 Å². The fourth-order valence-electron chi connectivity index (χ4n) is 1.91. The lowest BCUT2D eigenvalue weighted by molar-refractivity contribution is 0.354. The maximum atomic E-state index is 13.7. The zero-order valence-electron chi connectivity index (χ0n) is 11.3. The minimum atomic E-state index is -0.298. The molecule has 0 aromatic heterocycles. The second-order valence-corrected chi connectivity index (χ2v) is 6.89. The zero-order valence-corrected chi connectivity index (χ0v) is 16.1. The highest BCUT2D eigenvalue weighted by Gasteiger charge is 2.18. The van der Waals surface area contributed by atoms with Gasteiger partial charge >= 0.3 is 0 Å². The van der Waals surface area contributed by atoms with Crippen molar-refractivity contribution in [3.8, 4) is 11.5 Å². The molecule has 2 aromatic carbocycles. The van der Waals surface area contributed by atoms with Crippen LogP contribution in [0.1, 0.15) is 16.0 Å². The fourth-order valence-corrected chi connectivity index (χ4v) is 3.68. The molecular formula is C15H12Br3FO2. The first-order valence-electron chi connectivity index (χ1n) is 5.98. The van der Waals surface area contributed by atoms with Crippen LogP contribution >= 0.6 is 47.8 Å². The number of benzene rings is 2. The summed E-state index contributed by atoms with van der Waals surface area (Å²) in [7, 11) is 3.16. The van der Waals surface area contributed by atoms with Crippen molar-refractivity contribution in [3.63, 3.8) is 0 Å². The van der Waals surface area contributed by atoms with E-state index in [0.29, 0.717) is 16.0 Å². The smallest absolute Gasteiger partial charge is 0.161 e. The van der Waals surface area contributed by atoms with Gasteiger partial charge in [-0.25, -0.2) is 4.39 Å². The maximum absolute atomic E-state index is 13.7. The minimum absolute atomic E-state index is 0.172. The fraction of sp³-hybridized carbons (Fsp3) is 0.200. The van der Waals surface area contributed by atoms with Crippen molar-refractivity contribution in [2.45, 2.75) is 4.83 Å². The molecule has 1 atom stereocenters. The van der Waals surface area contributed by atoms with E-state index in [1.165, 1.54) is 6.07 Å². The van der Waals surface area contributed by atoms with Crippen molar-refractivity contribution in [1.29, 1.82) is 0 Å². The van der Waals surface area contributed by atoms with Gasteiger partial charge in [0.25, 0.3) is 0 Å². The first-order chi connectivity index (χ1) is 9.97. The quantitative estimate of drug-likeness (QED) is 0.509. The summed E-state index contributed by atoms with van der Waals surface area (Å²) in [5.74, 6) is 0.959. The molecule has 2 aromatic rings. The van der Waals surface area contributed by atoms with Crippen LogP contribution in [0.3, 0.4) is 0 Å². The predicted molar refractivity (Wildman–Crippen MR) is 92.1 cm³/mol. The van der Waals surface area contributed by atoms with E-state index in [1.807, 2.05) is 18.2 Å². The molecule has 2 rings (SSSR count). The van der Waals surface area contributed by atoms with Crippen LogP contribution < -0.4 is 9.47 Å². The van der Waals surface area contributed by atoms with Gasteiger partial charge in [0, 0.05) is 4.47 Å². The molecule has 0 fully saturated rings. The van der Waals surface area contributed by atoms with Gasteiger partial charge in [-0.3, -0.25) is 0 Å². The molecule has 0 heterocycles. The summed E-state index contributed by atoms with van der Waals surface area (Å²) >= 11 is 10.3. The van der Waals surface area contributed by atoms with E-state index in [9.17, 15) is 4.39 Å². The van der Waals surface area contributed by atoms with Crippen LogP contribution in [0.5, 0.6) is 11.5 Å². The standard InChI is InChI=1S/C15H12Br3FO2/c1-20-13-6-9(11(17)7-14(13)21-2)15(18)8-3-4-10(16)12(19)5-8/h3-7,15H,1-2H3. The second kappa shape index (κ2) is 7.11. The molecule has 0 spiro atoms. The Bertz CT molecular complexity index is 662. The van der Waals surface area contributed by atoms with Crippen molar-refractivity contribution >= 4 is 47.8 Å². The van der Waals surface area contributed by atoms with E-state index >= 15 is 0 Å². The van der Waals surface area contributed by atoms with Crippen LogP contribution in [0.25, 0.3) is 0 Å². The van der Waals surface area contributed by atoms with Crippen LogP contribution in [-0.2, 0) is 0 Å². The Kier molecular flexibility index (Phi) is 5.68. The van der Waals surface area contributed by atoms with Crippen LogP contribution in [0.15, 0.2) is 39.3 Å².